The molecular formula is C14H19N3OS3. The van der Waals surface area contributed by atoms with Gasteiger partial charge in [-0.15, -0.1) is 10.2 Å². The van der Waals surface area contributed by atoms with Gasteiger partial charge in [-0.25, -0.2) is 0 Å². The third-order valence-corrected chi connectivity index (χ3v) is 6.22. The third-order valence-electron chi connectivity index (χ3n) is 3.19. The van der Waals surface area contributed by atoms with E-state index < -0.39 is 0 Å². The first kappa shape index (κ1) is 16.6. The minimum Gasteiger partial charge on any atom is -0.346 e. The molecule has 0 bridgehead atoms. The fourth-order valence-electron chi connectivity index (χ4n) is 2.40. The van der Waals surface area contributed by atoms with Crippen molar-refractivity contribution in [3.05, 3.63) is 23.0 Å². The monoisotopic (exact) mass is 341 g/mol. The minimum atomic E-state index is 0.154. The van der Waals surface area contributed by atoms with Gasteiger partial charge in [0.05, 0.1) is 5.75 Å². The second-order valence-corrected chi connectivity index (χ2v) is 8.25. The normalized spacial score (nSPS) is 11.3. The van der Waals surface area contributed by atoms with Gasteiger partial charge < -0.3 is 4.57 Å². The number of aryl methyl sites for hydroxylation is 1. The van der Waals surface area contributed by atoms with Crippen LogP contribution in [0.5, 0.6) is 0 Å². The molecule has 114 valence electrons. The van der Waals surface area contributed by atoms with Gasteiger partial charge in [0, 0.05) is 23.0 Å². The molecule has 0 saturated heterocycles. The van der Waals surface area contributed by atoms with Crippen molar-refractivity contribution in [1.82, 2.24) is 14.8 Å². The molecule has 2 aromatic rings. The van der Waals surface area contributed by atoms with Crippen LogP contribution in [0.25, 0.3) is 0 Å². The van der Waals surface area contributed by atoms with E-state index >= 15 is 0 Å². The molecule has 0 aromatic carbocycles. The highest BCUT2D eigenvalue weighted by Gasteiger charge is 2.17. The van der Waals surface area contributed by atoms with Crippen molar-refractivity contribution < 1.29 is 4.79 Å². The Labute approximate surface area is 137 Å². The first-order valence-electron chi connectivity index (χ1n) is 6.66. The van der Waals surface area contributed by atoms with Crippen molar-refractivity contribution in [2.45, 2.75) is 42.4 Å². The largest absolute Gasteiger partial charge is 0.346 e. The SMILES string of the molecule is CSc1nnc(SCC(=O)c2cc(C)n(C(C)C)c2C)s1. The number of rotatable bonds is 6. The Balaban J connectivity index is 2.08. The third kappa shape index (κ3) is 3.70. The summed E-state index contributed by atoms with van der Waals surface area (Å²) in [6, 6.07) is 2.36. The van der Waals surface area contributed by atoms with Gasteiger partial charge in [-0.1, -0.05) is 34.9 Å². The molecule has 7 heteroatoms. The van der Waals surface area contributed by atoms with Crippen LogP contribution < -0.4 is 0 Å². The zero-order valence-electron chi connectivity index (χ0n) is 12.8. The molecule has 2 rings (SSSR count). The summed E-state index contributed by atoms with van der Waals surface area (Å²) >= 11 is 4.57. The number of Topliss-reactive ketones (excluding diaryl/α,β-unsaturated/α-hetero) is 1. The van der Waals surface area contributed by atoms with Crippen LogP contribution >= 0.6 is 34.9 Å². The van der Waals surface area contributed by atoms with E-state index in [0.29, 0.717) is 11.8 Å². The van der Waals surface area contributed by atoms with E-state index in [2.05, 4.69) is 28.6 Å². The predicted octanol–water partition coefficient (Wildman–Crippen LogP) is 4.23. The van der Waals surface area contributed by atoms with E-state index in [1.54, 1.807) is 11.8 Å². The van der Waals surface area contributed by atoms with Crippen LogP contribution in [0.3, 0.4) is 0 Å². The maximum Gasteiger partial charge on any atom is 0.175 e. The lowest BCUT2D eigenvalue weighted by Gasteiger charge is -2.13. The number of aromatic nitrogens is 3. The smallest absolute Gasteiger partial charge is 0.175 e. The number of carbonyl (C=O) groups is 1. The molecule has 2 heterocycles. The molecule has 0 atom stereocenters. The zero-order valence-corrected chi connectivity index (χ0v) is 15.3. The topological polar surface area (TPSA) is 47.8 Å². The average Bonchev–Trinajstić information content (AvgIpc) is 3.00. The van der Waals surface area contributed by atoms with Crippen LogP contribution in [0.1, 0.15) is 41.6 Å². The molecule has 4 nitrogen and oxygen atoms in total. The van der Waals surface area contributed by atoms with Gasteiger partial charge in [-0.05, 0) is 40.0 Å². The minimum absolute atomic E-state index is 0.154. The molecule has 21 heavy (non-hydrogen) atoms. The highest BCUT2D eigenvalue weighted by atomic mass is 32.2. The first-order valence-corrected chi connectivity index (χ1v) is 9.68. The lowest BCUT2D eigenvalue weighted by molar-refractivity contribution is 0.102. The number of hydrogen-bond acceptors (Lipinski definition) is 6. The molecule has 0 unspecified atom stereocenters. The fraction of sp³-hybridized carbons (Fsp3) is 0.500. The predicted molar refractivity (Wildman–Crippen MR) is 91.0 cm³/mol. The molecule has 0 amide bonds. The average molecular weight is 342 g/mol. The Morgan fingerprint density at radius 2 is 2.00 bits per heavy atom. The van der Waals surface area contributed by atoms with Crippen molar-refractivity contribution in [2.75, 3.05) is 12.0 Å². The van der Waals surface area contributed by atoms with Crippen LogP contribution in [0.15, 0.2) is 14.7 Å². The highest BCUT2D eigenvalue weighted by molar-refractivity contribution is 8.03. The van der Waals surface area contributed by atoms with Gasteiger partial charge in [0.25, 0.3) is 0 Å². The van der Waals surface area contributed by atoms with Crippen LogP contribution in [-0.2, 0) is 0 Å². The van der Waals surface area contributed by atoms with E-state index in [-0.39, 0.29) is 5.78 Å². The van der Waals surface area contributed by atoms with Crippen molar-refractivity contribution >= 4 is 40.6 Å². The van der Waals surface area contributed by atoms with Crippen molar-refractivity contribution in [1.29, 1.82) is 0 Å². The number of ketones is 1. The summed E-state index contributed by atoms with van der Waals surface area (Å²) in [5.41, 5.74) is 3.01. The number of carbonyl (C=O) groups excluding carboxylic acids is 1. The summed E-state index contributed by atoms with van der Waals surface area (Å²) in [4.78, 5) is 12.4. The van der Waals surface area contributed by atoms with Gasteiger partial charge in [0.15, 0.2) is 14.5 Å². The van der Waals surface area contributed by atoms with Crippen molar-refractivity contribution in [2.24, 2.45) is 0 Å². The highest BCUT2D eigenvalue weighted by Crippen LogP contribution is 2.28. The maximum atomic E-state index is 12.4. The van der Waals surface area contributed by atoms with E-state index in [1.807, 2.05) is 26.2 Å². The van der Waals surface area contributed by atoms with Gasteiger partial charge in [-0.2, -0.15) is 0 Å². The van der Waals surface area contributed by atoms with Gasteiger partial charge in [0.2, 0.25) is 0 Å². The quantitative estimate of drug-likeness (QED) is 0.581. The van der Waals surface area contributed by atoms with E-state index in [0.717, 1.165) is 25.6 Å². The Kier molecular flexibility index (Phi) is 5.51. The van der Waals surface area contributed by atoms with E-state index in [1.165, 1.54) is 23.1 Å². The summed E-state index contributed by atoms with van der Waals surface area (Å²) in [6.45, 7) is 8.33. The molecule has 0 fully saturated rings. The number of hydrogen-bond donors (Lipinski definition) is 0. The molecule has 0 radical (unpaired) electrons. The Hall–Kier alpha value is -0.790. The Morgan fingerprint density at radius 3 is 2.52 bits per heavy atom. The molecular weight excluding hydrogens is 322 g/mol. The van der Waals surface area contributed by atoms with Gasteiger partial charge in [0.1, 0.15) is 0 Å². The molecule has 0 spiro atoms. The molecule has 0 aliphatic rings. The van der Waals surface area contributed by atoms with E-state index in [4.69, 9.17) is 0 Å². The zero-order chi connectivity index (χ0) is 15.6. The maximum absolute atomic E-state index is 12.4. The standard InChI is InChI=1S/C14H19N3OS3/c1-8(2)17-9(3)6-11(10(17)4)12(18)7-20-14-16-15-13(19-5)21-14/h6,8H,7H2,1-5H3. The molecule has 0 aliphatic carbocycles. The Morgan fingerprint density at radius 1 is 1.33 bits per heavy atom. The number of nitrogens with zero attached hydrogens (tertiary/aromatic N) is 3. The molecule has 0 saturated carbocycles. The van der Waals surface area contributed by atoms with Gasteiger partial charge >= 0.3 is 0 Å². The lowest BCUT2D eigenvalue weighted by Crippen LogP contribution is -2.08. The number of thioether (sulfide) groups is 2. The fourth-order valence-corrected chi connectivity index (χ4v) is 4.72. The van der Waals surface area contributed by atoms with Crippen molar-refractivity contribution in [3.63, 3.8) is 0 Å². The van der Waals surface area contributed by atoms with Crippen LogP contribution in [0, 0.1) is 13.8 Å². The molecule has 2 aromatic heterocycles. The van der Waals surface area contributed by atoms with Crippen LogP contribution in [-0.4, -0.2) is 32.6 Å². The summed E-state index contributed by atoms with van der Waals surface area (Å²) in [7, 11) is 0. The first-order chi connectivity index (χ1) is 9.93. The molecule has 0 aliphatic heterocycles. The summed E-state index contributed by atoms with van der Waals surface area (Å²) in [6.07, 6.45) is 1.97. The second kappa shape index (κ2) is 6.98. The van der Waals surface area contributed by atoms with Gasteiger partial charge in [-0.3, -0.25) is 4.79 Å². The van der Waals surface area contributed by atoms with E-state index in [9.17, 15) is 4.79 Å². The second-order valence-electron chi connectivity index (χ2n) is 5.00. The summed E-state index contributed by atoms with van der Waals surface area (Å²) < 4.78 is 3.99. The van der Waals surface area contributed by atoms with Crippen LogP contribution in [0.2, 0.25) is 0 Å². The van der Waals surface area contributed by atoms with Crippen LogP contribution in [0.4, 0.5) is 0 Å². The Bertz CT molecular complexity index is 646. The molecule has 0 N–H and O–H groups in total. The van der Waals surface area contributed by atoms with Crippen molar-refractivity contribution in [3.8, 4) is 0 Å². The summed E-state index contributed by atoms with van der Waals surface area (Å²) in [5, 5.41) is 8.12. The lowest BCUT2D eigenvalue weighted by atomic mass is 10.2. The summed E-state index contributed by atoms with van der Waals surface area (Å²) in [5.74, 6) is 0.562.